The van der Waals surface area contributed by atoms with Crippen LogP contribution in [-0.2, 0) is 10.0 Å². The number of rotatable bonds is 7. The van der Waals surface area contributed by atoms with Crippen LogP contribution in [0.4, 0.5) is 5.95 Å². The topological polar surface area (TPSA) is 90.4 Å². The zero-order valence-corrected chi connectivity index (χ0v) is 12.5. The number of hydrogen-bond donors (Lipinski definition) is 1. The number of halogens is 1. The molecule has 19 heavy (non-hydrogen) atoms. The molecule has 1 atom stereocenters. The van der Waals surface area contributed by atoms with Gasteiger partial charge >= 0.3 is 0 Å². The number of sulfonamides is 1. The molecule has 0 amide bonds. The van der Waals surface area contributed by atoms with E-state index in [0.29, 0.717) is 0 Å². The summed E-state index contributed by atoms with van der Waals surface area (Å²) in [5.74, 6) is 0.275. The van der Waals surface area contributed by atoms with Crippen molar-refractivity contribution in [3.63, 3.8) is 0 Å². The molecule has 1 heterocycles. The van der Waals surface area contributed by atoms with E-state index in [1.165, 1.54) is 20.3 Å². The van der Waals surface area contributed by atoms with Crippen LogP contribution in [0.15, 0.2) is 6.07 Å². The summed E-state index contributed by atoms with van der Waals surface area (Å²) in [6, 6.07) is 1.44. The number of alkyl halides is 1. The highest BCUT2D eigenvalue weighted by Gasteiger charge is 2.17. The van der Waals surface area contributed by atoms with Crippen LogP contribution < -0.4 is 14.2 Å². The van der Waals surface area contributed by atoms with Gasteiger partial charge in [0, 0.05) is 5.88 Å². The second-order valence-electron chi connectivity index (χ2n) is 3.92. The summed E-state index contributed by atoms with van der Waals surface area (Å²) in [5.41, 5.74) is 0. The van der Waals surface area contributed by atoms with Crippen molar-refractivity contribution in [2.24, 2.45) is 5.92 Å². The molecule has 1 aromatic rings. The van der Waals surface area contributed by atoms with Crippen LogP contribution in [0.25, 0.3) is 0 Å². The SMILES string of the molecule is COc1cc(OC)nc(NS(=O)(=O)CC(C)CCl)n1. The Hall–Kier alpha value is -1.28. The third-order valence-electron chi connectivity index (χ3n) is 2.11. The van der Waals surface area contributed by atoms with Crippen molar-refractivity contribution in [3.05, 3.63) is 6.07 Å². The van der Waals surface area contributed by atoms with Crippen LogP contribution in [0.3, 0.4) is 0 Å². The molecule has 0 saturated carbocycles. The Bertz CT molecular complexity index is 501. The molecular weight excluding hydrogens is 294 g/mol. The fourth-order valence-electron chi connectivity index (χ4n) is 1.26. The lowest BCUT2D eigenvalue weighted by Crippen LogP contribution is -2.23. The van der Waals surface area contributed by atoms with Crippen molar-refractivity contribution in [3.8, 4) is 11.8 Å². The lowest BCUT2D eigenvalue weighted by Gasteiger charge is -2.11. The van der Waals surface area contributed by atoms with Gasteiger partial charge in [0.15, 0.2) is 0 Å². The van der Waals surface area contributed by atoms with Gasteiger partial charge in [-0.15, -0.1) is 11.6 Å². The van der Waals surface area contributed by atoms with E-state index in [1.54, 1.807) is 6.92 Å². The Morgan fingerprint density at radius 1 is 1.32 bits per heavy atom. The van der Waals surface area contributed by atoms with E-state index < -0.39 is 10.0 Å². The minimum Gasteiger partial charge on any atom is -0.481 e. The van der Waals surface area contributed by atoms with Gasteiger partial charge < -0.3 is 9.47 Å². The highest BCUT2D eigenvalue weighted by atomic mass is 35.5. The summed E-state index contributed by atoms with van der Waals surface area (Å²) in [4.78, 5) is 7.76. The number of methoxy groups -OCH3 is 2. The number of aromatic nitrogens is 2. The first-order chi connectivity index (χ1) is 8.90. The zero-order valence-electron chi connectivity index (χ0n) is 10.9. The third kappa shape index (κ3) is 5.07. The summed E-state index contributed by atoms with van der Waals surface area (Å²) in [6.07, 6.45) is 0. The van der Waals surface area contributed by atoms with Crippen molar-refractivity contribution in [1.82, 2.24) is 9.97 Å². The Labute approximate surface area is 117 Å². The first-order valence-corrected chi connectivity index (χ1v) is 7.62. The quantitative estimate of drug-likeness (QED) is 0.759. The lowest BCUT2D eigenvalue weighted by molar-refractivity contribution is 0.373. The van der Waals surface area contributed by atoms with E-state index in [-0.39, 0.29) is 35.3 Å². The number of nitrogens with zero attached hydrogens (tertiary/aromatic N) is 2. The first-order valence-electron chi connectivity index (χ1n) is 5.43. The van der Waals surface area contributed by atoms with E-state index in [1.807, 2.05) is 0 Å². The molecule has 108 valence electrons. The van der Waals surface area contributed by atoms with Crippen molar-refractivity contribution in [2.45, 2.75) is 6.92 Å². The molecule has 0 spiro atoms. The Morgan fingerprint density at radius 3 is 2.26 bits per heavy atom. The Morgan fingerprint density at radius 2 is 1.84 bits per heavy atom. The molecule has 1 aromatic heterocycles. The van der Waals surface area contributed by atoms with E-state index in [4.69, 9.17) is 21.1 Å². The molecule has 0 aliphatic heterocycles. The summed E-state index contributed by atoms with van der Waals surface area (Å²) in [5, 5.41) is 0. The lowest BCUT2D eigenvalue weighted by atomic mass is 10.3. The predicted octanol–water partition coefficient (Wildman–Crippen LogP) is 1.11. The van der Waals surface area contributed by atoms with Gasteiger partial charge in [-0.25, -0.2) is 8.42 Å². The van der Waals surface area contributed by atoms with Crippen molar-refractivity contribution in [2.75, 3.05) is 30.6 Å². The predicted molar refractivity (Wildman–Crippen MR) is 72.4 cm³/mol. The molecule has 0 fully saturated rings. The maximum absolute atomic E-state index is 11.8. The van der Waals surface area contributed by atoms with E-state index >= 15 is 0 Å². The van der Waals surface area contributed by atoms with Crippen LogP contribution in [0.1, 0.15) is 6.92 Å². The van der Waals surface area contributed by atoms with Crippen LogP contribution >= 0.6 is 11.6 Å². The summed E-state index contributed by atoms with van der Waals surface area (Å²) >= 11 is 5.59. The molecule has 0 saturated heterocycles. The van der Waals surface area contributed by atoms with Crippen molar-refractivity contribution < 1.29 is 17.9 Å². The average molecular weight is 310 g/mol. The van der Waals surface area contributed by atoms with Gasteiger partial charge in [0.25, 0.3) is 0 Å². The molecule has 1 unspecified atom stereocenters. The van der Waals surface area contributed by atoms with Crippen LogP contribution in [0, 0.1) is 5.92 Å². The molecule has 0 aliphatic carbocycles. The second-order valence-corrected chi connectivity index (χ2v) is 5.99. The van der Waals surface area contributed by atoms with Gasteiger partial charge in [0.2, 0.25) is 27.7 Å². The molecule has 0 aromatic carbocycles. The molecule has 9 heteroatoms. The molecule has 0 radical (unpaired) electrons. The number of anilines is 1. The van der Waals surface area contributed by atoms with Gasteiger partial charge in [0.05, 0.1) is 26.0 Å². The standard InChI is InChI=1S/C10H16ClN3O4S/c1-7(5-11)6-19(15,16)14-10-12-8(17-2)4-9(13-10)18-3/h4,7H,5-6H2,1-3H3,(H,12,13,14). The maximum atomic E-state index is 11.8. The van der Waals surface area contributed by atoms with Gasteiger partial charge in [-0.2, -0.15) is 9.97 Å². The van der Waals surface area contributed by atoms with Crippen LogP contribution in [-0.4, -0.2) is 44.2 Å². The molecule has 0 aliphatic rings. The molecule has 0 bridgehead atoms. The average Bonchev–Trinajstić information content (AvgIpc) is 2.36. The van der Waals surface area contributed by atoms with Gasteiger partial charge in [-0.3, -0.25) is 4.72 Å². The summed E-state index contributed by atoms with van der Waals surface area (Å²) < 4.78 is 35.8. The number of nitrogens with one attached hydrogen (secondary N) is 1. The monoisotopic (exact) mass is 309 g/mol. The minimum atomic E-state index is -3.57. The normalized spacial score (nSPS) is 12.8. The largest absolute Gasteiger partial charge is 0.481 e. The van der Waals surface area contributed by atoms with Crippen molar-refractivity contribution >= 4 is 27.6 Å². The van der Waals surface area contributed by atoms with E-state index in [9.17, 15) is 8.42 Å². The van der Waals surface area contributed by atoms with Crippen molar-refractivity contribution in [1.29, 1.82) is 0 Å². The zero-order chi connectivity index (χ0) is 14.5. The van der Waals surface area contributed by atoms with Gasteiger partial charge in [-0.05, 0) is 5.92 Å². The summed E-state index contributed by atoms with van der Waals surface area (Å²) in [6.45, 7) is 1.74. The van der Waals surface area contributed by atoms with Gasteiger partial charge in [0.1, 0.15) is 0 Å². The van der Waals surface area contributed by atoms with Gasteiger partial charge in [-0.1, -0.05) is 6.92 Å². The molecule has 1 rings (SSSR count). The van der Waals surface area contributed by atoms with Crippen LogP contribution in [0.5, 0.6) is 11.8 Å². The molecule has 7 nitrogen and oxygen atoms in total. The van der Waals surface area contributed by atoms with E-state index in [0.717, 1.165) is 0 Å². The smallest absolute Gasteiger partial charge is 0.243 e. The summed E-state index contributed by atoms with van der Waals surface area (Å²) in [7, 11) is -0.742. The fraction of sp³-hybridized carbons (Fsp3) is 0.600. The molecular formula is C10H16ClN3O4S. The number of hydrogen-bond acceptors (Lipinski definition) is 6. The van der Waals surface area contributed by atoms with Crippen LogP contribution in [0.2, 0.25) is 0 Å². The first kappa shape index (κ1) is 15.8. The maximum Gasteiger partial charge on any atom is 0.243 e. The highest BCUT2D eigenvalue weighted by Crippen LogP contribution is 2.18. The Kier molecular flexibility index (Phi) is 5.61. The third-order valence-corrected chi connectivity index (χ3v) is 4.14. The van der Waals surface area contributed by atoms with E-state index in [2.05, 4.69) is 14.7 Å². The second kappa shape index (κ2) is 6.76. The molecule has 1 N–H and O–H groups in total. The Balaban J connectivity index is 2.92. The highest BCUT2D eigenvalue weighted by molar-refractivity contribution is 7.92. The fourth-order valence-corrected chi connectivity index (χ4v) is 2.82. The number of ether oxygens (including phenoxy) is 2. The minimum absolute atomic E-state index is 0.0991.